The van der Waals surface area contributed by atoms with E-state index in [9.17, 15) is 14.4 Å². The highest BCUT2D eigenvalue weighted by Crippen LogP contribution is 2.07. The van der Waals surface area contributed by atoms with Crippen molar-refractivity contribution in [2.24, 2.45) is 0 Å². The lowest BCUT2D eigenvalue weighted by atomic mass is 10.1. The lowest BCUT2D eigenvalue weighted by Gasteiger charge is -2.19. The number of ketones is 1. The van der Waals surface area contributed by atoms with E-state index in [0.717, 1.165) is 0 Å². The standard InChI is InChI=1S/C14H17NO5/c1-14(2,3)19-13(18)15-20-12(17)9-11(16)10-7-5-4-6-8-10/h4-8H,9H2,1-3H3,(H,15,18). The van der Waals surface area contributed by atoms with Crippen LogP contribution in [0.4, 0.5) is 4.79 Å². The Morgan fingerprint density at radius 1 is 1.10 bits per heavy atom. The monoisotopic (exact) mass is 279 g/mol. The van der Waals surface area contributed by atoms with Gasteiger partial charge in [-0.25, -0.2) is 9.59 Å². The summed E-state index contributed by atoms with van der Waals surface area (Å²) in [6.07, 6.45) is -1.35. The van der Waals surface area contributed by atoms with Crippen LogP contribution in [0, 0.1) is 0 Å². The van der Waals surface area contributed by atoms with Gasteiger partial charge in [-0.05, 0) is 20.8 Å². The highest BCUT2D eigenvalue weighted by Gasteiger charge is 2.18. The lowest BCUT2D eigenvalue weighted by molar-refractivity contribution is -0.149. The molecular weight excluding hydrogens is 262 g/mol. The fourth-order valence-electron chi connectivity index (χ4n) is 1.29. The molecule has 0 spiro atoms. The van der Waals surface area contributed by atoms with Gasteiger partial charge in [-0.2, -0.15) is 0 Å². The van der Waals surface area contributed by atoms with E-state index >= 15 is 0 Å². The molecule has 1 aromatic carbocycles. The van der Waals surface area contributed by atoms with Gasteiger partial charge >= 0.3 is 12.1 Å². The summed E-state index contributed by atoms with van der Waals surface area (Å²) in [5, 5.41) is 0. The van der Waals surface area contributed by atoms with Crippen LogP contribution in [0.25, 0.3) is 0 Å². The number of amides is 1. The van der Waals surface area contributed by atoms with Gasteiger partial charge in [0.15, 0.2) is 5.78 Å². The molecule has 108 valence electrons. The Hall–Kier alpha value is -2.37. The van der Waals surface area contributed by atoms with Crippen molar-refractivity contribution in [1.82, 2.24) is 5.48 Å². The first kappa shape index (κ1) is 15.7. The second-order valence-corrected chi connectivity index (χ2v) is 5.04. The quantitative estimate of drug-likeness (QED) is 0.521. The number of hydroxylamine groups is 1. The fourth-order valence-corrected chi connectivity index (χ4v) is 1.29. The third-order valence-electron chi connectivity index (χ3n) is 2.05. The fraction of sp³-hybridized carbons (Fsp3) is 0.357. The molecule has 0 saturated carbocycles. The molecule has 0 aliphatic carbocycles. The van der Waals surface area contributed by atoms with E-state index in [0.29, 0.717) is 5.56 Å². The molecule has 0 heterocycles. The number of rotatable bonds is 3. The molecule has 0 saturated heterocycles. The number of carbonyl (C=O) groups excluding carboxylic acids is 3. The molecule has 0 radical (unpaired) electrons. The van der Waals surface area contributed by atoms with Gasteiger partial charge < -0.3 is 9.57 Å². The smallest absolute Gasteiger partial charge is 0.441 e. The normalized spacial score (nSPS) is 10.6. The van der Waals surface area contributed by atoms with Crippen molar-refractivity contribution in [2.75, 3.05) is 0 Å². The Kier molecular flexibility index (Phi) is 5.25. The zero-order chi connectivity index (χ0) is 15.2. The number of nitrogens with one attached hydrogen (secondary N) is 1. The largest absolute Gasteiger partial charge is 0.442 e. The summed E-state index contributed by atoms with van der Waals surface area (Å²) < 4.78 is 4.87. The summed E-state index contributed by atoms with van der Waals surface area (Å²) in [7, 11) is 0. The molecule has 0 aromatic heterocycles. The van der Waals surface area contributed by atoms with E-state index in [2.05, 4.69) is 4.84 Å². The topological polar surface area (TPSA) is 81.7 Å². The Balaban J connectivity index is 2.38. The molecule has 1 amide bonds. The minimum atomic E-state index is -0.891. The molecule has 6 nitrogen and oxygen atoms in total. The Morgan fingerprint density at radius 2 is 1.70 bits per heavy atom. The van der Waals surface area contributed by atoms with Crippen molar-refractivity contribution >= 4 is 17.8 Å². The first-order chi connectivity index (χ1) is 9.28. The summed E-state index contributed by atoms with van der Waals surface area (Å²) in [5.74, 6) is -1.24. The predicted octanol–water partition coefficient (Wildman–Crippen LogP) is 2.24. The van der Waals surface area contributed by atoms with Crippen molar-refractivity contribution in [3.63, 3.8) is 0 Å². The molecule has 1 aromatic rings. The molecule has 0 aliphatic rings. The van der Waals surface area contributed by atoms with Gasteiger partial charge in [-0.1, -0.05) is 30.3 Å². The van der Waals surface area contributed by atoms with Crippen LogP contribution in [0.2, 0.25) is 0 Å². The van der Waals surface area contributed by atoms with Crippen molar-refractivity contribution in [2.45, 2.75) is 32.8 Å². The molecular formula is C14H17NO5. The molecule has 1 N–H and O–H groups in total. The van der Waals surface area contributed by atoms with Crippen molar-refractivity contribution in [1.29, 1.82) is 0 Å². The Labute approximate surface area is 117 Å². The van der Waals surface area contributed by atoms with Crippen LogP contribution in [0.3, 0.4) is 0 Å². The van der Waals surface area contributed by atoms with Gasteiger partial charge in [-0.3, -0.25) is 4.79 Å². The van der Waals surface area contributed by atoms with Crippen LogP contribution >= 0.6 is 0 Å². The number of hydrogen-bond acceptors (Lipinski definition) is 5. The SMILES string of the molecule is CC(C)(C)OC(=O)NOC(=O)CC(=O)c1ccccc1. The number of hydrogen-bond donors (Lipinski definition) is 1. The van der Waals surface area contributed by atoms with E-state index in [-0.39, 0.29) is 5.78 Å². The van der Waals surface area contributed by atoms with E-state index in [1.165, 1.54) is 0 Å². The molecule has 0 fully saturated rings. The average Bonchev–Trinajstić information content (AvgIpc) is 2.35. The van der Waals surface area contributed by atoms with E-state index in [4.69, 9.17) is 4.74 Å². The number of Topliss-reactive ketones (excluding diaryl/α,β-unsaturated/α-hetero) is 1. The first-order valence-electron chi connectivity index (χ1n) is 6.05. The predicted molar refractivity (Wildman–Crippen MR) is 70.9 cm³/mol. The van der Waals surface area contributed by atoms with E-state index in [1.54, 1.807) is 51.1 Å². The zero-order valence-corrected chi connectivity index (χ0v) is 11.6. The van der Waals surface area contributed by atoms with Crippen molar-refractivity contribution in [3.05, 3.63) is 35.9 Å². The Morgan fingerprint density at radius 3 is 2.25 bits per heavy atom. The molecule has 6 heteroatoms. The molecule has 0 atom stereocenters. The van der Waals surface area contributed by atoms with Gasteiger partial charge in [0.1, 0.15) is 12.0 Å². The van der Waals surface area contributed by atoms with Crippen LogP contribution < -0.4 is 5.48 Å². The molecule has 20 heavy (non-hydrogen) atoms. The maximum atomic E-state index is 11.7. The second-order valence-electron chi connectivity index (χ2n) is 5.04. The third kappa shape index (κ3) is 5.99. The van der Waals surface area contributed by atoms with Crippen LogP contribution in [0.15, 0.2) is 30.3 Å². The first-order valence-corrected chi connectivity index (χ1v) is 6.05. The number of carbonyl (C=O) groups is 3. The van der Waals surface area contributed by atoms with Crippen LogP contribution in [0.5, 0.6) is 0 Å². The Bertz CT molecular complexity index is 490. The summed E-state index contributed by atoms with van der Waals surface area (Å²) in [6, 6.07) is 8.34. The summed E-state index contributed by atoms with van der Waals surface area (Å²) in [4.78, 5) is 38.7. The summed E-state index contributed by atoms with van der Waals surface area (Å²) in [5.41, 5.74) is 1.54. The van der Waals surface area contributed by atoms with Gasteiger partial charge in [0.05, 0.1) is 0 Å². The maximum absolute atomic E-state index is 11.7. The van der Waals surface area contributed by atoms with Gasteiger partial charge in [0, 0.05) is 5.56 Å². The van der Waals surface area contributed by atoms with Crippen molar-refractivity contribution in [3.8, 4) is 0 Å². The minimum Gasteiger partial charge on any atom is -0.442 e. The maximum Gasteiger partial charge on any atom is 0.441 e. The average molecular weight is 279 g/mol. The van der Waals surface area contributed by atoms with Crippen LogP contribution in [-0.2, 0) is 14.4 Å². The highest BCUT2D eigenvalue weighted by molar-refractivity contribution is 6.05. The van der Waals surface area contributed by atoms with Gasteiger partial charge in [-0.15, -0.1) is 5.48 Å². The molecule has 0 unspecified atom stereocenters. The number of benzene rings is 1. The third-order valence-corrected chi connectivity index (χ3v) is 2.05. The van der Waals surface area contributed by atoms with Gasteiger partial charge in [0.25, 0.3) is 0 Å². The van der Waals surface area contributed by atoms with Crippen LogP contribution in [0.1, 0.15) is 37.6 Å². The van der Waals surface area contributed by atoms with Crippen molar-refractivity contribution < 1.29 is 24.0 Å². The zero-order valence-electron chi connectivity index (χ0n) is 11.6. The van der Waals surface area contributed by atoms with Crippen LogP contribution in [-0.4, -0.2) is 23.4 Å². The molecule has 0 aliphatic heterocycles. The second kappa shape index (κ2) is 6.70. The highest BCUT2D eigenvalue weighted by atomic mass is 16.7. The molecule has 0 bridgehead atoms. The van der Waals surface area contributed by atoms with E-state index in [1.807, 2.05) is 5.48 Å². The van der Waals surface area contributed by atoms with Gasteiger partial charge in [0.2, 0.25) is 0 Å². The molecule has 1 rings (SSSR count). The lowest BCUT2D eigenvalue weighted by Crippen LogP contribution is -2.34. The summed E-state index contributed by atoms with van der Waals surface area (Å²) >= 11 is 0. The number of ether oxygens (including phenoxy) is 1. The summed E-state index contributed by atoms with van der Waals surface area (Å²) in [6.45, 7) is 5.02. The van der Waals surface area contributed by atoms with E-state index < -0.39 is 24.1 Å². The minimum absolute atomic E-state index is 0.387.